The summed E-state index contributed by atoms with van der Waals surface area (Å²) in [5.41, 5.74) is -1.64. The van der Waals surface area contributed by atoms with Gasteiger partial charge in [0.15, 0.2) is 0 Å². The summed E-state index contributed by atoms with van der Waals surface area (Å²) in [6.07, 6.45) is 0.0319. The van der Waals surface area contributed by atoms with Crippen molar-refractivity contribution in [1.29, 1.82) is 0 Å². The van der Waals surface area contributed by atoms with Crippen molar-refractivity contribution in [3.8, 4) is 0 Å². The van der Waals surface area contributed by atoms with Gasteiger partial charge < -0.3 is 10.4 Å². The second kappa shape index (κ2) is 3.89. The van der Waals surface area contributed by atoms with Crippen LogP contribution in [0.15, 0.2) is 0 Å². The van der Waals surface area contributed by atoms with E-state index in [0.717, 1.165) is 0 Å². The van der Waals surface area contributed by atoms with E-state index in [1.807, 2.05) is 0 Å². The topological polar surface area (TPSA) is 66.4 Å². The minimum absolute atomic E-state index is 0.0319. The van der Waals surface area contributed by atoms with Crippen LogP contribution in [0.5, 0.6) is 0 Å². The van der Waals surface area contributed by atoms with Gasteiger partial charge >= 0.3 is 11.9 Å². The minimum atomic E-state index is -3.56. The van der Waals surface area contributed by atoms with E-state index >= 15 is 0 Å². The molecule has 0 aliphatic carbocycles. The number of carboxylic acid groups (broad SMARTS) is 1. The molecule has 0 radical (unpaired) electrons. The summed E-state index contributed by atoms with van der Waals surface area (Å²) in [6, 6.07) is 0. The van der Waals surface area contributed by atoms with Gasteiger partial charge in [-0.25, -0.2) is 4.79 Å². The van der Waals surface area contributed by atoms with Gasteiger partial charge in [0.05, 0.1) is 0 Å². The van der Waals surface area contributed by atoms with Gasteiger partial charge in [0.2, 0.25) is 0 Å². The third kappa shape index (κ3) is 2.93. The van der Waals surface area contributed by atoms with Gasteiger partial charge in [-0.2, -0.15) is 8.78 Å². The lowest BCUT2D eigenvalue weighted by atomic mass is 9.99. The number of aliphatic carboxylic acids is 1. The van der Waals surface area contributed by atoms with E-state index in [1.54, 1.807) is 5.32 Å². The molecule has 0 aromatic heterocycles. The molecular weight excluding hydrogens is 196 g/mol. The van der Waals surface area contributed by atoms with Gasteiger partial charge in [-0.15, -0.1) is 0 Å². The number of hydrogen-bond donors (Lipinski definition) is 2. The van der Waals surface area contributed by atoms with Crippen molar-refractivity contribution in [3.63, 3.8) is 0 Å². The van der Waals surface area contributed by atoms with E-state index in [4.69, 9.17) is 5.11 Å². The number of rotatable bonds is 4. The molecule has 0 heterocycles. The highest BCUT2D eigenvalue weighted by Gasteiger charge is 2.40. The molecule has 0 bridgehead atoms. The summed E-state index contributed by atoms with van der Waals surface area (Å²) in [5, 5.41) is 10.5. The Morgan fingerprint density at radius 1 is 1.36 bits per heavy atom. The van der Waals surface area contributed by atoms with Gasteiger partial charge in [0.25, 0.3) is 5.91 Å². The Morgan fingerprint density at radius 2 is 1.79 bits per heavy atom. The Bertz CT molecular complexity index is 249. The molecule has 0 fully saturated rings. The predicted octanol–water partition coefficient (Wildman–Crippen LogP) is 1.01. The zero-order valence-electron chi connectivity index (χ0n) is 8.23. The first-order valence-electron chi connectivity index (χ1n) is 4.07. The molecule has 0 saturated heterocycles. The number of alkyl halides is 2. The van der Waals surface area contributed by atoms with Crippen molar-refractivity contribution < 1.29 is 23.5 Å². The van der Waals surface area contributed by atoms with Crippen molar-refractivity contribution in [2.45, 2.75) is 38.7 Å². The fraction of sp³-hybridized carbons (Fsp3) is 0.750. The average Bonchev–Trinajstić information content (AvgIpc) is 2.02. The van der Waals surface area contributed by atoms with Crippen molar-refractivity contribution in [3.05, 3.63) is 0 Å². The molecule has 6 heteroatoms. The molecule has 0 aliphatic heterocycles. The van der Waals surface area contributed by atoms with Gasteiger partial charge in [-0.1, -0.05) is 6.92 Å². The first kappa shape index (κ1) is 12.8. The highest BCUT2D eigenvalue weighted by molar-refractivity contribution is 5.89. The molecule has 2 N–H and O–H groups in total. The standard InChI is InChI=1S/C8H13F2NO3/c1-4-7(2,6(13)14)11-5(12)8(3,9)10/h4H2,1-3H3,(H,11,12)(H,13,14). The highest BCUT2D eigenvalue weighted by Crippen LogP contribution is 2.16. The maximum absolute atomic E-state index is 12.4. The van der Waals surface area contributed by atoms with Gasteiger partial charge in [0, 0.05) is 6.92 Å². The van der Waals surface area contributed by atoms with Crippen LogP contribution in [0, 0.1) is 0 Å². The summed E-state index contributed by atoms with van der Waals surface area (Å²) < 4.78 is 24.9. The fourth-order valence-corrected chi connectivity index (χ4v) is 0.653. The van der Waals surface area contributed by atoms with Crippen LogP contribution >= 0.6 is 0 Å². The molecule has 4 nitrogen and oxygen atoms in total. The number of amides is 1. The number of halogens is 2. The molecule has 0 aliphatic rings. The van der Waals surface area contributed by atoms with Gasteiger partial charge in [-0.05, 0) is 13.3 Å². The Labute approximate surface area is 80.3 Å². The highest BCUT2D eigenvalue weighted by atomic mass is 19.3. The molecular formula is C8H13F2NO3. The Morgan fingerprint density at radius 3 is 2.00 bits per heavy atom. The summed E-state index contributed by atoms with van der Waals surface area (Å²) in [6.45, 7) is 3.08. The molecule has 0 rings (SSSR count). The van der Waals surface area contributed by atoms with Crippen LogP contribution < -0.4 is 5.32 Å². The third-order valence-corrected chi connectivity index (χ3v) is 1.97. The number of carbonyl (C=O) groups excluding carboxylic acids is 1. The summed E-state index contributed by atoms with van der Waals surface area (Å²) >= 11 is 0. The molecule has 1 amide bonds. The zero-order valence-corrected chi connectivity index (χ0v) is 8.23. The molecule has 0 aromatic carbocycles. The molecule has 0 saturated carbocycles. The lowest BCUT2D eigenvalue weighted by Gasteiger charge is -2.26. The average molecular weight is 209 g/mol. The quantitative estimate of drug-likeness (QED) is 0.726. The van der Waals surface area contributed by atoms with E-state index in [9.17, 15) is 18.4 Å². The SMILES string of the molecule is CCC(C)(NC(=O)C(C)(F)F)C(=O)O. The van der Waals surface area contributed by atoms with Crippen molar-refractivity contribution in [2.75, 3.05) is 0 Å². The van der Waals surface area contributed by atoms with Crippen LogP contribution in [0.3, 0.4) is 0 Å². The van der Waals surface area contributed by atoms with Gasteiger partial charge in [0.1, 0.15) is 5.54 Å². The van der Waals surface area contributed by atoms with E-state index in [0.29, 0.717) is 6.92 Å². The van der Waals surface area contributed by atoms with Crippen LogP contribution in [-0.2, 0) is 9.59 Å². The monoisotopic (exact) mass is 209 g/mol. The Balaban J connectivity index is 4.65. The van der Waals surface area contributed by atoms with Crippen molar-refractivity contribution >= 4 is 11.9 Å². The van der Waals surface area contributed by atoms with Gasteiger partial charge in [-0.3, -0.25) is 4.79 Å². The van der Waals surface area contributed by atoms with Crippen molar-refractivity contribution in [2.24, 2.45) is 0 Å². The van der Waals surface area contributed by atoms with Crippen LogP contribution in [-0.4, -0.2) is 28.4 Å². The van der Waals surface area contributed by atoms with Crippen LogP contribution in [0.4, 0.5) is 8.78 Å². The smallest absolute Gasteiger partial charge is 0.329 e. The summed E-state index contributed by atoms with van der Waals surface area (Å²) in [4.78, 5) is 21.5. The number of nitrogens with one attached hydrogen (secondary N) is 1. The van der Waals surface area contributed by atoms with E-state index in [1.165, 1.54) is 13.8 Å². The number of carboxylic acids is 1. The van der Waals surface area contributed by atoms with E-state index in [-0.39, 0.29) is 6.42 Å². The number of hydrogen-bond acceptors (Lipinski definition) is 2. The zero-order chi connectivity index (χ0) is 11.6. The molecule has 0 spiro atoms. The normalized spacial score (nSPS) is 15.8. The first-order valence-corrected chi connectivity index (χ1v) is 4.07. The molecule has 1 unspecified atom stereocenters. The van der Waals surface area contributed by atoms with Crippen molar-refractivity contribution in [1.82, 2.24) is 5.32 Å². The second-order valence-corrected chi connectivity index (χ2v) is 3.33. The molecule has 0 aromatic rings. The Hall–Kier alpha value is -1.20. The summed E-state index contributed by atoms with van der Waals surface area (Å²) in [7, 11) is 0. The maximum Gasteiger partial charge on any atom is 0.329 e. The third-order valence-electron chi connectivity index (χ3n) is 1.97. The van der Waals surface area contributed by atoms with E-state index in [2.05, 4.69) is 0 Å². The second-order valence-electron chi connectivity index (χ2n) is 3.33. The largest absolute Gasteiger partial charge is 0.480 e. The van der Waals surface area contributed by atoms with Crippen LogP contribution in [0.1, 0.15) is 27.2 Å². The lowest BCUT2D eigenvalue weighted by molar-refractivity contribution is -0.153. The summed E-state index contributed by atoms with van der Waals surface area (Å²) in [5.74, 6) is -6.48. The Kier molecular flexibility index (Phi) is 3.56. The van der Waals surface area contributed by atoms with Crippen LogP contribution in [0.2, 0.25) is 0 Å². The van der Waals surface area contributed by atoms with E-state index < -0.39 is 23.3 Å². The molecule has 1 atom stereocenters. The fourth-order valence-electron chi connectivity index (χ4n) is 0.653. The lowest BCUT2D eigenvalue weighted by Crippen LogP contribution is -2.55. The number of carbonyl (C=O) groups is 2. The molecule has 14 heavy (non-hydrogen) atoms. The van der Waals surface area contributed by atoms with Crippen LogP contribution in [0.25, 0.3) is 0 Å². The minimum Gasteiger partial charge on any atom is -0.480 e. The predicted molar refractivity (Wildman–Crippen MR) is 45.1 cm³/mol. The first-order chi connectivity index (χ1) is 6.13. The maximum atomic E-state index is 12.4. The molecule has 82 valence electrons.